The van der Waals surface area contributed by atoms with Crippen molar-refractivity contribution in [2.45, 2.75) is 77.4 Å². The zero-order valence-electron chi connectivity index (χ0n) is 21.3. The summed E-state index contributed by atoms with van der Waals surface area (Å²) in [5, 5.41) is 26.9. The lowest BCUT2D eigenvalue weighted by molar-refractivity contribution is -0.142. The Morgan fingerprint density at radius 2 is 1.86 bits per heavy atom. The van der Waals surface area contributed by atoms with Gasteiger partial charge in [0.1, 0.15) is 0 Å². The lowest BCUT2D eigenvalue weighted by Crippen LogP contribution is -2.51. The summed E-state index contributed by atoms with van der Waals surface area (Å²) < 4.78 is 0. The number of rotatable bonds is 6. The summed E-state index contributed by atoms with van der Waals surface area (Å²) in [6.45, 7) is 4.41. The van der Waals surface area contributed by atoms with Crippen LogP contribution in [0, 0.1) is 28.6 Å². The molecular formula is C29H38N2O5. The maximum Gasteiger partial charge on any atom is 0.330 e. The van der Waals surface area contributed by atoms with E-state index < -0.39 is 17.9 Å². The Morgan fingerprint density at radius 1 is 1.08 bits per heavy atom. The fourth-order valence-corrected chi connectivity index (χ4v) is 7.93. The average molecular weight is 495 g/mol. The fraction of sp³-hybridized carbons (Fsp3) is 0.621. The van der Waals surface area contributed by atoms with E-state index in [2.05, 4.69) is 30.4 Å². The Morgan fingerprint density at radius 3 is 2.61 bits per heavy atom. The second kappa shape index (κ2) is 9.66. The van der Waals surface area contributed by atoms with Crippen molar-refractivity contribution in [3.8, 4) is 0 Å². The number of hydrogen-bond donors (Lipinski definition) is 3. The van der Waals surface area contributed by atoms with Crippen molar-refractivity contribution < 1.29 is 24.6 Å². The van der Waals surface area contributed by atoms with Gasteiger partial charge in [0.05, 0.1) is 11.8 Å². The topological polar surface area (TPSA) is 108 Å². The molecule has 194 valence electrons. The summed E-state index contributed by atoms with van der Waals surface area (Å²) >= 11 is 0. The van der Waals surface area contributed by atoms with Gasteiger partial charge in [0, 0.05) is 0 Å². The Kier molecular flexibility index (Phi) is 6.70. The number of nitrogens with zero attached hydrogens (tertiary/aromatic N) is 1. The summed E-state index contributed by atoms with van der Waals surface area (Å²) in [4.78, 5) is 29.3. The smallest absolute Gasteiger partial charge is 0.330 e. The van der Waals surface area contributed by atoms with E-state index in [1.165, 1.54) is 18.4 Å². The predicted molar refractivity (Wildman–Crippen MR) is 136 cm³/mol. The quantitative estimate of drug-likeness (QED) is 0.500. The summed E-state index contributed by atoms with van der Waals surface area (Å²) in [5.74, 6) is 0.330. The van der Waals surface area contributed by atoms with Gasteiger partial charge in [-0.3, -0.25) is 4.79 Å². The largest absolute Gasteiger partial charge is 0.479 e. The van der Waals surface area contributed by atoms with Gasteiger partial charge in [-0.2, -0.15) is 0 Å². The van der Waals surface area contributed by atoms with Crippen LogP contribution in [0.1, 0.15) is 76.8 Å². The van der Waals surface area contributed by atoms with Crippen LogP contribution in [0.2, 0.25) is 0 Å². The average Bonchev–Trinajstić information content (AvgIpc) is 3.17. The number of fused-ring (bicyclic) bond motifs is 5. The van der Waals surface area contributed by atoms with Crippen molar-refractivity contribution in [3.05, 3.63) is 47.5 Å². The van der Waals surface area contributed by atoms with Crippen molar-refractivity contribution in [2.24, 2.45) is 33.7 Å². The van der Waals surface area contributed by atoms with Crippen LogP contribution in [0.25, 0.3) is 0 Å². The number of hydrogen-bond acceptors (Lipinski definition) is 5. The predicted octanol–water partition coefficient (Wildman–Crippen LogP) is 4.62. The van der Waals surface area contributed by atoms with Gasteiger partial charge in [-0.1, -0.05) is 54.9 Å². The molecule has 0 saturated heterocycles. The molecule has 0 aliphatic heterocycles. The Labute approximate surface area is 213 Å². The molecule has 0 heterocycles. The SMILES string of the molecule is C[C@]12CCC3C(CCC4=CC(=NOCC(=O)NC(C(=O)O)c5ccccc5)CC[C@@]43C)C1CCC2O. The Bertz CT molecular complexity index is 1070. The monoisotopic (exact) mass is 494 g/mol. The van der Waals surface area contributed by atoms with E-state index in [0.29, 0.717) is 23.3 Å². The highest BCUT2D eigenvalue weighted by atomic mass is 16.6. The number of amides is 1. The van der Waals surface area contributed by atoms with Crippen LogP contribution < -0.4 is 5.32 Å². The molecule has 7 heteroatoms. The molecule has 7 nitrogen and oxygen atoms in total. The summed E-state index contributed by atoms with van der Waals surface area (Å²) in [6.07, 6.45) is 10.5. The molecule has 36 heavy (non-hydrogen) atoms. The normalized spacial score (nSPS) is 37.2. The molecule has 3 N–H and O–H groups in total. The van der Waals surface area contributed by atoms with Gasteiger partial charge in [-0.25, -0.2) is 4.79 Å². The van der Waals surface area contributed by atoms with Gasteiger partial charge in [-0.05, 0) is 91.6 Å². The van der Waals surface area contributed by atoms with E-state index in [1.807, 2.05) is 0 Å². The van der Waals surface area contributed by atoms with E-state index in [4.69, 9.17) is 4.84 Å². The first kappa shape index (κ1) is 25.0. The van der Waals surface area contributed by atoms with E-state index in [-0.39, 0.29) is 23.5 Å². The standard InChI is InChI=1S/C29H38N2O5/c1-28-14-12-20(31-36-17-25(33)30-26(27(34)35)18-6-4-3-5-7-18)16-19(28)8-9-21-22-10-11-24(32)29(22,2)15-13-23(21)28/h3-7,16,21-24,26,32H,8-15,17H2,1-2H3,(H,30,33)(H,34,35)/t21?,22?,23?,24?,26?,28-,29-/m0/s1. The fourth-order valence-electron chi connectivity index (χ4n) is 7.93. The van der Waals surface area contributed by atoms with Crippen LogP contribution >= 0.6 is 0 Å². The van der Waals surface area contributed by atoms with Crippen LogP contribution in [0.15, 0.2) is 47.1 Å². The van der Waals surface area contributed by atoms with Gasteiger partial charge in [0.15, 0.2) is 12.6 Å². The first-order chi connectivity index (χ1) is 17.2. The number of carboxylic acid groups (broad SMARTS) is 1. The zero-order valence-corrected chi connectivity index (χ0v) is 21.3. The summed E-state index contributed by atoms with van der Waals surface area (Å²) in [5.41, 5.74) is 3.06. The van der Waals surface area contributed by atoms with Gasteiger partial charge in [0.2, 0.25) is 0 Å². The highest BCUT2D eigenvalue weighted by Crippen LogP contribution is 2.65. The van der Waals surface area contributed by atoms with Crippen LogP contribution in [0.3, 0.4) is 0 Å². The molecule has 0 aromatic heterocycles. The number of aliphatic hydroxyl groups is 1. The van der Waals surface area contributed by atoms with Gasteiger partial charge in [-0.15, -0.1) is 0 Å². The number of nitrogens with one attached hydrogen (secondary N) is 1. The Balaban J connectivity index is 1.21. The minimum atomic E-state index is -1.12. The lowest BCUT2D eigenvalue weighted by atomic mass is 9.47. The third-order valence-corrected chi connectivity index (χ3v) is 9.99. The van der Waals surface area contributed by atoms with Crippen LogP contribution in [0.5, 0.6) is 0 Å². The molecule has 1 aromatic rings. The molecule has 4 aliphatic rings. The summed E-state index contributed by atoms with van der Waals surface area (Å²) in [6, 6.07) is 7.48. The van der Waals surface area contributed by atoms with E-state index in [9.17, 15) is 19.8 Å². The van der Waals surface area contributed by atoms with E-state index in [0.717, 1.165) is 44.2 Å². The molecule has 5 unspecified atom stereocenters. The number of benzene rings is 1. The molecule has 0 bridgehead atoms. The number of aliphatic carboxylic acids is 1. The summed E-state index contributed by atoms with van der Waals surface area (Å²) in [7, 11) is 0. The number of oxime groups is 1. The molecule has 0 spiro atoms. The van der Waals surface area contributed by atoms with Crippen molar-refractivity contribution in [2.75, 3.05) is 6.61 Å². The second-order valence-corrected chi connectivity index (χ2v) is 11.7. The number of carbonyl (C=O) groups excluding carboxylic acids is 1. The zero-order chi connectivity index (χ0) is 25.5. The minimum Gasteiger partial charge on any atom is -0.479 e. The number of allylic oxidation sites excluding steroid dienone is 2. The molecule has 0 radical (unpaired) electrons. The minimum absolute atomic E-state index is 0.0919. The maximum absolute atomic E-state index is 12.3. The van der Waals surface area contributed by atoms with Gasteiger partial charge >= 0.3 is 5.97 Å². The van der Waals surface area contributed by atoms with Crippen molar-refractivity contribution >= 4 is 17.6 Å². The molecule has 3 saturated carbocycles. The third-order valence-electron chi connectivity index (χ3n) is 9.99. The molecule has 1 amide bonds. The molecule has 3 fully saturated rings. The lowest BCUT2D eigenvalue weighted by Gasteiger charge is -2.57. The molecule has 7 atom stereocenters. The van der Waals surface area contributed by atoms with Crippen molar-refractivity contribution in [1.29, 1.82) is 0 Å². The second-order valence-electron chi connectivity index (χ2n) is 11.7. The van der Waals surface area contributed by atoms with Gasteiger partial charge < -0.3 is 20.4 Å². The first-order valence-electron chi connectivity index (χ1n) is 13.4. The highest BCUT2D eigenvalue weighted by molar-refractivity contribution is 5.96. The number of carboxylic acids is 1. The van der Waals surface area contributed by atoms with Crippen molar-refractivity contribution in [3.63, 3.8) is 0 Å². The number of aliphatic hydroxyl groups excluding tert-OH is 1. The van der Waals surface area contributed by atoms with E-state index >= 15 is 0 Å². The first-order valence-corrected chi connectivity index (χ1v) is 13.4. The van der Waals surface area contributed by atoms with Crippen LogP contribution in [-0.4, -0.2) is 40.5 Å². The molecule has 1 aromatic carbocycles. The molecule has 4 aliphatic carbocycles. The third kappa shape index (κ3) is 4.36. The van der Waals surface area contributed by atoms with Crippen LogP contribution in [-0.2, 0) is 14.4 Å². The Hall–Kier alpha value is -2.67. The maximum atomic E-state index is 12.3. The van der Waals surface area contributed by atoms with Crippen molar-refractivity contribution in [1.82, 2.24) is 5.32 Å². The van der Waals surface area contributed by atoms with Crippen LogP contribution in [0.4, 0.5) is 0 Å². The molecule has 5 rings (SSSR count). The van der Waals surface area contributed by atoms with E-state index in [1.54, 1.807) is 30.3 Å². The van der Waals surface area contributed by atoms with Gasteiger partial charge in [0.25, 0.3) is 5.91 Å². The number of carbonyl (C=O) groups is 2. The highest BCUT2D eigenvalue weighted by Gasteiger charge is 2.58. The molecular weight excluding hydrogens is 456 g/mol.